The van der Waals surface area contributed by atoms with Crippen LogP contribution in [0.4, 0.5) is 5.69 Å². The fourth-order valence-corrected chi connectivity index (χ4v) is 3.97. The number of carbonyl (C=O) groups is 1. The second kappa shape index (κ2) is 9.94. The topological polar surface area (TPSA) is 41.6 Å². The summed E-state index contributed by atoms with van der Waals surface area (Å²) in [7, 11) is 1.69. The molecule has 30 heavy (non-hydrogen) atoms. The molecule has 2 aromatic carbocycles. The van der Waals surface area contributed by atoms with Gasteiger partial charge in [-0.3, -0.25) is 4.79 Å². The van der Waals surface area contributed by atoms with Gasteiger partial charge in [0.25, 0.3) is 0 Å². The molecular formula is C26H34N2O2. The molecule has 0 saturated carbocycles. The van der Waals surface area contributed by atoms with Gasteiger partial charge in [-0.15, -0.1) is 0 Å². The molecule has 1 fully saturated rings. The van der Waals surface area contributed by atoms with E-state index in [0.717, 1.165) is 54.2 Å². The van der Waals surface area contributed by atoms with Crippen molar-refractivity contribution in [1.82, 2.24) is 5.32 Å². The number of ketones is 1. The maximum Gasteiger partial charge on any atom is 0.163 e. The Kier molecular flexibility index (Phi) is 7.33. The van der Waals surface area contributed by atoms with Gasteiger partial charge in [0.15, 0.2) is 5.78 Å². The highest BCUT2D eigenvalue weighted by molar-refractivity contribution is 6.25. The zero-order chi connectivity index (χ0) is 21.7. The van der Waals surface area contributed by atoms with Crippen molar-refractivity contribution in [2.75, 3.05) is 38.2 Å². The van der Waals surface area contributed by atoms with Crippen molar-refractivity contribution in [3.8, 4) is 5.75 Å². The number of methoxy groups -OCH3 is 1. The third kappa shape index (κ3) is 4.93. The smallest absolute Gasteiger partial charge is 0.163 e. The van der Waals surface area contributed by atoms with Gasteiger partial charge in [-0.1, -0.05) is 32.9 Å². The molecule has 160 valence electrons. The first-order chi connectivity index (χ1) is 14.4. The van der Waals surface area contributed by atoms with E-state index >= 15 is 0 Å². The molecule has 0 atom stereocenters. The Hall–Kier alpha value is -2.59. The van der Waals surface area contributed by atoms with Gasteiger partial charge in [-0.25, -0.2) is 0 Å². The number of ether oxygens (including phenoxy) is 1. The monoisotopic (exact) mass is 406 g/mol. The number of allylic oxidation sites excluding steroid dienone is 1. The third-order valence-corrected chi connectivity index (χ3v) is 5.82. The zero-order valence-electron chi connectivity index (χ0n) is 18.9. The molecule has 0 bridgehead atoms. The molecule has 1 heterocycles. The number of rotatable bonds is 7. The predicted molar refractivity (Wildman–Crippen MR) is 127 cm³/mol. The van der Waals surface area contributed by atoms with Crippen molar-refractivity contribution in [1.29, 1.82) is 0 Å². The van der Waals surface area contributed by atoms with Crippen molar-refractivity contribution in [2.24, 2.45) is 0 Å². The Labute approximate surface area is 180 Å². The summed E-state index contributed by atoms with van der Waals surface area (Å²) < 4.78 is 5.52. The highest BCUT2D eigenvalue weighted by atomic mass is 16.5. The van der Waals surface area contributed by atoms with Crippen LogP contribution in [0.15, 0.2) is 36.4 Å². The van der Waals surface area contributed by atoms with Gasteiger partial charge in [0.1, 0.15) is 5.75 Å². The van der Waals surface area contributed by atoms with E-state index < -0.39 is 0 Å². The van der Waals surface area contributed by atoms with Gasteiger partial charge in [-0.05, 0) is 65.4 Å². The molecule has 4 heteroatoms. The Morgan fingerprint density at radius 3 is 2.50 bits per heavy atom. The summed E-state index contributed by atoms with van der Waals surface area (Å²) in [6.45, 7) is 12.4. The van der Waals surface area contributed by atoms with Crippen molar-refractivity contribution < 1.29 is 9.53 Å². The van der Waals surface area contributed by atoms with E-state index in [1.165, 1.54) is 11.3 Å². The summed E-state index contributed by atoms with van der Waals surface area (Å²) >= 11 is 0. The minimum atomic E-state index is 0.153. The van der Waals surface area contributed by atoms with Crippen LogP contribution in [0, 0.1) is 6.92 Å². The molecule has 1 N–H and O–H groups in total. The molecule has 0 amide bonds. The molecule has 1 saturated heterocycles. The van der Waals surface area contributed by atoms with E-state index in [1.54, 1.807) is 7.11 Å². The van der Waals surface area contributed by atoms with E-state index in [2.05, 4.69) is 61.3 Å². The Morgan fingerprint density at radius 2 is 1.90 bits per heavy atom. The first-order valence-electron chi connectivity index (χ1n) is 10.9. The van der Waals surface area contributed by atoms with Crippen LogP contribution in [0.3, 0.4) is 0 Å². The quantitative estimate of drug-likeness (QED) is 0.516. The lowest BCUT2D eigenvalue weighted by Gasteiger charge is -2.29. The van der Waals surface area contributed by atoms with Gasteiger partial charge in [0, 0.05) is 43.9 Å². The molecule has 0 aromatic heterocycles. The van der Waals surface area contributed by atoms with Gasteiger partial charge in [0.05, 0.1) is 7.11 Å². The van der Waals surface area contributed by atoms with Crippen molar-refractivity contribution in [3.05, 3.63) is 58.7 Å². The highest BCUT2D eigenvalue weighted by Gasteiger charge is 2.16. The average molecular weight is 407 g/mol. The van der Waals surface area contributed by atoms with Crippen LogP contribution in [0.5, 0.6) is 5.75 Å². The van der Waals surface area contributed by atoms with Crippen LogP contribution in [0.25, 0.3) is 11.6 Å². The molecule has 2 aromatic rings. The Balaban J connectivity index is 2.00. The summed E-state index contributed by atoms with van der Waals surface area (Å²) in [6.07, 6.45) is 2.53. The van der Waals surface area contributed by atoms with Gasteiger partial charge < -0.3 is 15.0 Å². The number of benzene rings is 2. The number of carbonyl (C=O) groups excluding carboxylic acids is 1. The fourth-order valence-electron chi connectivity index (χ4n) is 3.97. The van der Waals surface area contributed by atoms with Crippen LogP contribution in [-0.4, -0.2) is 39.1 Å². The summed E-state index contributed by atoms with van der Waals surface area (Å²) in [6, 6.07) is 12.6. The van der Waals surface area contributed by atoms with E-state index in [4.69, 9.17) is 4.74 Å². The molecule has 0 aliphatic carbocycles. The first-order valence-corrected chi connectivity index (χ1v) is 10.9. The molecule has 0 spiro atoms. The van der Waals surface area contributed by atoms with Gasteiger partial charge in [0.2, 0.25) is 0 Å². The molecule has 1 aliphatic rings. The van der Waals surface area contributed by atoms with Gasteiger partial charge >= 0.3 is 0 Å². The molecule has 0 unspecified atom stereocenters. The number of aryl methyl sites for hydroxylation is 1. The summed E-state index contributed by atoms with van der Waals surface area (Å²) in [4.78, 5) is 15.3. The standard InChI is InChI=1S/C26H34N2O2/c1-6-25(29)24(21-8-10-26(30-5)23(17-21)18(2)3)16-20-7-9-22(15-19(20)4)28-13-11-27-12-14-28/h7-10,15-18,27H,6,11-14H2,1-5H3/b24-16-. The Morgan fingerprint density at radius 1 is 1.17 bits per heavy atom. The lowest BCUT2D eigenvalue weighted by molar-refractivity contribution is -0.113. The minimum Gasteiger partial charge on any atom is -0.496 e. The molecule has 4 nitrogen and oxygen atoms in total. The number of nitrogens with one attached hydrogen (secondary N) is 1. The summed E-state index contributed by atoms with van der Waals surface area (Å²) in [5.74, 6) is 1.34. The van der Waals surface area contributed by atoms with Crippen LogP contribution in [0.2, 0.25) is 0 Å². The fraction of sp³-hybridized carbons (Fsp3) is 0.423. The number of piperazine rings is 1. The molecule has 0 radical (unpaired) electrons. The maximum atomic E-state index is 12.9. The van der Waals surface area contributed by atoms with Crippen molar-refractivity contribution >= 4 is 23.1 Å². The van der Waals surface area contributed by atoms with E-state index in [0.29, 0.717) is 12.3 Å². The highest BCUT2D eigenvalue weighted by Crippen LogP contribution is 2.32. The van der Waals surface area contributed by atoms with Crippen molar-refractivity contribution in [2.45, 2.75) is 40.0 Å². The molecule has 3 rings (SSSR count). The minimum absolute atomic E-state index is 0.153. The third-order valence-electron chi connectivity index (χ3n) is 5.82. The average Bonchev–Trinajstić information content (AvgIpc) is 2.77. The molecule has 1 aliphatic heterocycles. The van der Waals surface area contributed by atoms with E-state index in [-0.39, 0.29) is 5.78 Å². The SMILES string of the molecule is CCC(=O)/C(=C\c1ccc(N2CCNCC2)cc1C)c1ccc(OC)c(C(C)C)c1. The summed E-state index contributed by atoms with van der Waals surface area (Å²) in [5, 5.41) is 3.40. The van der Waals surface area contributed by atoms with Crippen LogP contribution < -0.4 is 15.0 Å². The predicted octanol–water partition coefficient (Wildman–Crippen LogP) is 5.06. The first kappa shape index (κ1) is 22.1. The maximum absolute atomic E-state index is 12.9. The molecular weight excluding hydrogens is 372 g/mol. The van der Waals surface area contributed by atoms with E-state index in [9.17, 15) is 4.79 Å². The van der Waals surface area contributed by atoms with Crippen molar-refractivity contribution in [3.63, 3.8) is 0 Å². The number of anilines is 1. The van der Waals surface area contributed by atoms with Gasteiger partial charge in [-0.2, -0.15) is 0 Å². The largest absolute Gasteiger partial charge is 0.496 e. The number of nitrogens with zero attached hydrogens (tertiary/aromatic N) is 1. The number of hydrogen-bond donors (Lipinski definition) is 1. The van der Waals surface area contributed by atoms with E-state index in [1.807, 2.05) is 19.1 Å². The lowest BCUT2D eigenvalue weighted by Crippen LogP contribution is -2.43. The lowest BCUT2D eigenvalue weighted by atomic mass is 9.92. The van der Waals surface area contributed by atoms with Crippen LogP contribution in [-0.2, 0) is 4.79 Å². The zero-order valence-corrected chi connectivity index (χ0v) is 18.9. The number of hydrogen-bond acceptors (Lipinski definition) is 4. The normalized spacial score (nSPS) is 14.9. The Bertz CT molecular complexity index is 925. The summed E-state index contributed by atoms with van der Waals surface area (Å²) in [5.41, 5.74) is 6.37. The second-order valence-corrected chi connectivity index (χ2v) is 8.22. The van der Waals surface area contributed by atoms with Crippen LogP contribution in [0.1, 0.15) is 55.4 Å². The van der Waals surface area contributed by atoms with Crippen LogP contribution >= 0.6 is 0 Å². The second-order valence-electron chi connectivity index (χ2n) is 8.22. The number of Topliss-reactive ketones (excluding diaryl/α,β-unsaturated/α-hetero) is 1.